The highest BCUT2D eigenvalue weighted by Crippen LogP contribution is 2.29. The van der Waals surface area contributed by atoms with Crippen molar-refractivity contribution in [3.8, 4) is 0 Å². The number of rotatable bonds is 4. The zero-order valence-corrected chi connectivity index (χ0v) is 13.4. The Morgan fingerprint density at radius 2 is 1.81 bits per heavy atom. The lowest BCUT2D eigenvalue weighted by Crippen LogP contribution is -2.54. The number of carbonyl (C=O) groups is 1. The highest BCUT2D eigenvalue weighted by atomic mass is 32.2. The minimum absolute atomic E-state index is 0.126. The minimum atomic E-state index is -3.62. The second-order valence-corrected chi connectivity index (χ2v) is 10.2. The first-order valence-corrected chi connectivity index (χ1v) is 10.5. The number of aliphatic carboxylic acids is 1. The lowest BCUT2D eigenvalue weighted by atomic mass is 10.0. The summed E-state index contributed by atoms with van der Waals surface area (Å²) in [7, 11) is -7.00. The van der Waals surface area contributed by atoms with Gasteiger partial charge in [-0.3, -0.25) is 4.79 Å². The van der Waals surface area contributed by atoms with E-state index in [0.717, 1.165) is 23.6 Å². The van der Waals surface area contributed by atoms with Crippen LogP contribution in [0.2, 0.25) is 0 Å². The quantitative estimate of drug-likeness (QED) is 0.785. The van der Waals surface area contributed by atoms with E-state index in [1.165, 1.54) is 0 Å². The number of sulfonamides is 1. The van der Waals surface area contributed by atoms with Gasteiger partial charge in [0.15, 0.2) is 9.84 Å². The number of hydrogen-bond acceptors (Lipinski definition) is 5. The summed E-state index contributed by atoms with van der Waals surface area (Å²) in [4.78, 5) is 10.9. The monoisotopic (exact) mass is 339 g/mol. The van der Waals surface area contributed by atoms with E-state index in [9.17, 15) is 21.6 Å². The molecule has 1 aliphatic heterocycles. The van der Waals surface area contributed by atoms with E-state index in [0.29, 0.717) is 12.8 Å². The summed E-state index contributed by atoms with van der Waals surface area (Å²) in [6.07, 6.45) is 3.39. The Morgan fingerprint density at radius 3 is 2.38 bits per heavy atom. The highest BCUT2D eigenvalue weighted by molar-refractivity contribution is 7.92. The zero-order chi connectivity index (χ0) is 15.7. The first-order valence-electron chi connectivity index (χ1n) is 7.15. The van der Waals surface area contributed by atoms with E-state index in [2.05, 4.69) is 0 Å². The van der Waals surface area contributed by atoms with Crippen molar-refractivity contribution in [3.05, 3.63) is 0 Å². The molecular formula is C12H21NO6S2. The fourth-order valence-corrected chi connectivity index (χ4v) is 7.08. The Labute approximate surface area is 125 Å². The summed E-state index contributed by atoms with van der Waals surface area (Å²) in [5.41, 5.74) is 0. The molecule has 122 valence electrons. The van der Waals surface area contributed by atoms with Crippen molar-refractivity contribution >= 4 is 25.8 Å². The van der Waals surface area contributed by atoms with Gasteiger partial charge in [0, 0.05) is 12.6 Å². The van der Waals surface area contributed by atoms with Crippen molar-refractivity contribution in [1.29, 1.82) is 0 Å². The molecule has 2 aliphatic rings. The topological polar surface area (TPSA) is 109 Å². The molecule has 0 spiro atoms. The maximum absolute atomic E-state index is 12.7. The van der Waals surface area contributed by atoms with E-state index < -0.39 is 49.3 Å². The van der Waals surface area contributed by atoms with Crippen molar-refractivity contribution < 1.29 is 26.7 Å². The van der Waals surface area contributed by atoms with Crippen LogP contribution in [0.15, 0.2) is 0 Å². The van der Waals surface area contributed by atoms with Crippen LogP contribution in [0.3, 0.4) is 0 Å². The van der Waals surface area contributed by atoms with Gasteiger partial charge in [0.2, 0.25) is 10.0 Å². The molecule has 1 saturated carbocycles. The standard InChI is InChI=1S/C12H21NO6S2/c14-12(15)8-10-9-20(16,17)7-6-13(10)21(18,19)11-4-2-1-3-5-11/h10-11H,1-9H2,(H,14,15). The molecule has 1 aliphatic carbocycles. The normalized spacial score (nSPS) is 28.3. The molecule has 1 atom stereocenters. The third kappa shape index (κ3) is 3.95. The Balaban J connectivity index is 2.23. The fraction of sp³-hybridized carbons (Fsp3) is 0.917. The predicted octanol–water partition coefficient (Wildman–Crippen LogP) is 0.223. The molecule has 1 N–H and O–H groups in total. The van der Waals surface area contributed by atoms with Crippen LogP contribution in [-0.2, 0) is 24.7 Å². The number of carboxylic acids is 1. The van der Waals surface area contributed by atoms with Crippen LogP contribution in [0, 0.1) is 0 Å². The van der Waals surface area contributed by atoms with E-state index in [1.54, 1.807) is 0 Å². The van der Waals surface area contributed by atoms with E-state index in [-0.39, 0.29) is 12.3 Å². The maximum atomic E-state index is 12.7. The smallest absolute Gasteiger partial charge is 0.305 e. The molecule has 1 saturated heterocycles. The van der Waals surface area contributed by atoms with Crippen LogP contribution in [0.1, 0.15) is 38.5 Å². The molecule has 2 fully saturated rings. The second-order valence-electron chi connectivity index (χ2n) is 5.78. The first-order chi connectivity index (χ1) is 9.72. The molecule has 7 nitrogen and oxygen atoms in total. The third-order valence-electron chi connectivity index (χ3n) is 4.19. The minimum Gasteiger partial charge on any atom is -0.481 e. The molecule has 9 heteroatoms. The molecule has 0 aromatic carbocycles. The average molecular weight is 339 g/mol. The Bertz CT molecular complexity index is 591. The van der Waals surface area contributed by atoms with E-state index in [1.807, 2.05) is 0 Å². The summed E-state index contributed by atoms with van der Waals surface area (Å²) in [6, 6.07) is -0.979. The molecule has 0 amide bonds. The first kappa shape index (κ1) is 16.7. The maximum Gasteiger partial charge on any atom is 0.305 e. The van der Waals surface area contributed by atoms with Crippen LogP contribution in [-0.4, -0.2) is 61.6 Å². The average Bonchev–Trinajstić information content (AvgIpc) is 2.37. The van der Waals surface area contributed by atoms with Gasteiger partial charge in [-0.05, 0) is 12.8 Å². The summed E-state index contributed by atoms with van der Waals surface area (Å²) < 4.78 is 49.9. The van der Waals surface area contributed by atoms with Crippen molar-refractivity contribution in [2.24, 2.45) is 0 Å². The molecule has 1 unspecified atom stereocenters. The van der Waals surface area contributed by atoms with Gasteiger partial charge in [0.05, 0.1) is 23.2 Å². The largest absolute Gasteiger partial charge is 0.481 e. The van der Waals surface area contributed by atoms with Crippen molar-refractivity contribution in [1.82, 2.24) is 4.31 Å². The van der Waals surface area contributed by atoms with Crippen LogP contribution in [0.4, 0.5) is 0 Å². The van der Waals surface area contributed by atoms with Gasteiger partial charge in [-0.25, -0.2) is 16.8 Å². The van der Waals surface area contributed by atoms with Gasteiger partial charge < -0.3 is 5.11 Å². The van der Waals surface area contributed by atoms with E-state index >= 15 is 0 Å². The SMILES string of the molecule is O=C(O)CC1CS(=O)(=O)CCN1S(=O)(=O)C1CCCCC1. The Morgan fingerprint density at radius 1 is 1.19 bits per heavy atom. The molecular weight excluding hydrogens is 318 g/mol. The molecule has 21 heavy (non-hydrogen) atoms. The molecule has 2 rings (SSSR count). The van der Waals surface area contributed by atoms with Gasteiger partial charge in [0.1, 0.15) is 0 Å². The predicted molar refractivity (Wildman–Crippen MR) is 77.2 cm³/mol. The summed E-state index contributed by atoms with van der Waals surface area (Å²) in [5, 5.41) is 8.42. The van der Waals surface area contributed by atoms with Gasteiger partial charge in [-0.15, -0.1) is 0 Å². The fourth-order valence-electron chi connectivity index (χ4n) is 3.12. The molecule has 1 heterocycles. The zero-order valence-electron chi connectivity index (χ0n) is 11.8. The Kier molecular flexibility index (Phi) is 4.94. The van der Waals surface area contributed by atoms with E-state index in [4.69, 9.17) is 5.11 Å². The van der Waals surface area contributed by atoms with Crippen molar-refractivity contribution in [2.45, 2.75) is 49.8 Å². The van der Waals surface area contributed by atoms with Gasteiger partial charge >= 0.3 is 5.97 Å². The number of nitrogens with zero attached hydrogens (tertiary/aromatic N) is 1. The number of hydrogen-bond donors (Lipinski definition) is 1. The molecule has 0 aromatic heterocycles. The van der Waals surface area contributed by atoms with Crippen molar-refractivity contribution in [3.63, 3.8) is 0 Å². The van der Waals surface area contributed by atoms with Gasteiger partial charge in [-0.1, -0.05) is 19.3 Å². The van der Waals surface area contributed by atoms with Crippen LogP contribution in [0.5, 0.6) is 0 Å². The van der Waals surface area contributed by atoms with Crippen LogP contribution in [0.25, 0.3) is 0 Å². The van der Waals surface area contributed by atoms with Gasteiger partial charge in [0.25, 0.3) is 0 Å². The van der Waals surface area contributed by atoms with Crippen LogP contribution < -0.4 is 0 Å². The van der Waals surface area contributed by atoms with Gasteiger partial charge in [-0.2, -0.15) is 4.31 Å². The summed E-state index contributed by atoms with van der Waals surface area (Å²) >= 11 is 0. The summed E-state index contributed by atoms with van der Waals surface area (Å²) in [5.74, 6) is -1.80. The molecule has 0 aromatic rings. The third-order valence-corrected chi connectivity index (χ3v) is 8.33. The number of sulfone groups is 1. The lowest BCUT2D eigenvalue weighted by molar-refractivity contribution is -0.137. The summed E-state index contributed by atoms with van der Waals surface area (Å²) in [6.45, 7) is -0.126. The Hall–Kier alpha value is -0.670. The lowest BCUT2D eigenvalue weighted by Gasteiger charge is -2.37. The number of carboxylic acid groups (broad SMARTS) is 1. The van der Waals surface area contributed by atoms with Crippen molar-refractivity contribution in [2.75, 3.05) is 18.1 Å². The molecule has 0 radical (unpaired) electrons. The highest BCUT2D eigenvalue weighted by Gasteiger charge is 2.42. The second kappa shape index (κ2) is 6.21. The molecule has 0 bridgehead atoms. The van der Waals surface area contributed by atoms with Crippen LogP contribution >= 0.6 is 0 Å².